The molecule has 0 radical (unpaired) electrons. The molecule has 2 fully saturated rings. The Hall–Kier alpha value is -2.04. The van der Waals surface area contributed by atoms with Gasteiger partial charge in [0, 0.05) is 30.4 Å². The van der Waals surface area contributed by atoms with Crippen molar-refractivity contribution >= 4 is 23.3 Å². The van der Waals surface area contributed by atoms with E-state index in [1.54, 1.807) is 0 Å². The third-order valence-electron chi connectivity index (χ3n) is 5.02. The lowest BCUT2D eigenvalue weighted by Crippen LogP contribution is -2.39. The standard InChI is InChI=1S/C19H27N3O2/c1-14-10-11-16(13-17(14)22-12-6-5-9-18(22)23)21-19(24)20-15-7-3-2-4-8-15/h10-11,13,15H,2-9,12H2,1H3,(H2,20,21,24). The average molecular weight is 329 g/mol. The normalized spacial score (nSPS) is 19.2. The van der Waals surface area contributed by atoms with Gasteiger partial charge in [-0.3, -0.25) is 4.79 Å². The van der Waals surface area contributed by atoms with E-state index in [-0.39, 0.29) is 18.0 Å². The van der Waals surface area contributed by atoms with E-state index in [9.17, 15) is 9.59 Å². The van der Waals surface area contributed by atoms with Crippen LogP contribution in [0.2, 0.25) is 0 Å². The van der Waals surface area contributed by atoms with Crippen LogP contribution in [0, 0.1) is 6.92 Å². The van der Waals surface area contributed by atoms with Crippen molar-refractivity contribution in [3.8, 4) is 0 Å². The van der Waals surface area contributed by atoms with Crippen LogP contribution in [0.25, 0.3) is 0 Å². The Balaban J connectivity index is 1.66. The zero-order chi connectivity index (χ0) is 16.9. The fourth-order valence-corrected chi connectivity index (χ4v) is 3.64. The van der Waals surface area contributed by atoms with Crippen molar-refractivity contribution < 1.29 is 9.59 Å². The van der Waals surface area contributed by atoms with Crippen LogP contribution in [-0.2, 0) is 4.79 Å². The van der Waals surface area contributed by atoms with E-state index in [1.165, 1.54) is 19.3 Å². The molecule has 1 aliphatic heterocycles. The van der Waals surface area contributed by atoms with Crippen molar-refractivity contribution in [1.82, 2.24) is 5.32 Å². The van der Waals surface area contributed by atoms with Crippen molar-refractivity contribution in [2.24, 2.45) is 0 Å². The SMILES string of the molecule is Cc1ccc(NC(=O)NC2CCCCC2)cc1N1CCCCC1=O. The van der Waals surface area contributed by atoms with Gasteiger partial charge in [0.05, 0.1) is 0 Å². The molecule has 0 atom stereocenters. The number of rotatable bonds is 3. The van der Waals surface area contributed by atoms with Gasteiger partial charge in [-0.1, -0.05) is 25.3 Å². The van der Waals surface area contributed by atoms with Gasteiger partial charge in [0.1, 0.15) is 0 Å². The molecule has 1 aromatic rings. The second kappa shape index (κ2) is 7.69. The monoisotopic (exact) mass is 329 g/mol. The molecule has 2 N–H and O–H groups in total. The number of hydrogen-bond acceptors (Lipinski definition) is 2. The fourth-order valence-electron chi connectivity index (χ4n) is 3.64. The molecule has 130 valence electrons. The van der Waals surface area contributed by atoms with Gasteiger partial charge in [0.15, 0.2) is 0 Å². The molecule has 1 aliphatic carbocycles. The quantitative estimate of drug-likeness (QED) is 0.881. The number of piperidine rings is 1. The number of benzene rings is 1. The number of urea groups is 1. The Morgan fingerprint density at radius 2 is 1.92 bits per heavy atom. The predicted octanol–water partition coefficient (Wildman–Crippen LogP) is 3.97. The van der Waals surface area contributed by atoms with Crippen molar-refractivity contribution in [2.75, 3.05) is 16.8 Å². The molecule has 0 aromatic heterocycles. The zero-order valence-electron chi connectivity index (χ0n) is 14.4. The first-order chi connectivity index (χ1) is 11.6. The molecule has 0 unspecified atom stereocenters. The van der Waals surface area contributed by atoms with Crippen molar-refractivity contribution in [3.63, 3.8) is 0 Å². The number of carbonyl (C=O) groups is 2. The Bertz CT molecular complexity index is 609. The smallest absolute Gasteiger partial charge is 0.319 e. The minimum absolute atomic E-state index is 0.151. The second-order valence-electron chi connectivity index (χ2n) is 6.94. The molecule has 24 heavy (non-hydrogen) atoms. The summed E-state index contributed by atoms with van der Waals surface area (Å²) in [5, 5.41) is 5.98. The molecule has 2 aliphatic rings. The van der Waals surface area contributed by atoms with E-state index in [4.69, 9.17) is 0 Å². The third-order valence-corrected chi connectivity index (χ3v) is 5.02. The Morgan fingerprint density at radius 3 is 2.67 bits per heavy atom. The number of amides is 3. The third kappa shape index (κ3) is 4.08. The summed E-state index contributed by atoms with van der Waals surface area (Å²) in [5.41, 5.74) is 2.71. The molecule has 1 aromatic carbocycles. The Morgan fingerprint density at radius 1 is 1.12 bits per heavy atom. The molecule has 1 heterocycles. The minimum atomic E-state index is -0.151. The molecule has 0 bridgehead atoms. The first kappa shape index (κ1) is 16.8. The maximum atomic E-state index is 12.2. The first-order valence-corrected chi connectivity index (χ1v) is 9.12. The Kier molecular flexibility index (Phi) is 5.38. The number of nitrogens with zero attached hydrogens (tertiary/aromatic N) is 1. The first-order valence-electron chi connectivity index (χ1n) is 9.12. The van der Waals surface area contributed by atoms with Crippen LogP contribution in [0.1, 0.15) is 56.9 Å². The van der Waals surface area contributed by atoms with Gasteiger partial charge in [-0.25, -0.2) is 4.79 Å². The molecular weight excluding hydrogens is 302 g/mol. The lowest BCUT2D eigenvalue weighted by molar-refractivity contribution is -0.119. The van der Waals surface area contributed by atoms with Gasteiger partial charge in [-0.05, 0) is 50.3 Å². The molecule has 1 saturated carbocycles. The van der Waals surface area contributed by atoms with E-state index in [0.717, 1.165) is 49.2 Å². The topological polar surface area (TPSA) is 61.4 Å². The number of aryl methyl sites for hydroxylation is 1. The minimum Gasteiger partial charge on any atom is -0.335 e. The number of hydrogen-bond donors (Lipinski definition) is 2. The van der Waals surface area contributed by atoms with E-state index in [0.29, 0.717) is 6.42 Å². The summed E-state index contributed by atoms with van der Waals surface area (Å²) < 4.78 is 0. The summed E-state index contributed by atoms with van der Waals surface area (Å²) in [4.78, 5) is 26.2. The molecule has 0 spiro atoms. The van der Waals surface area contributed by atoms with Crippen LogP contribution in [0.5, 0.6) is 0 Å². The van der Waals surface area contributed by atoms with Crippen LogP contribution in [0.3, 0.4) is 0 Å². The number of nitrogens with one attached hydrogen (secondary N) is 2. The summed E-state index contributed by atoms with van der Waals surface area (Å²) in [5.74, 6) is 0.174. The van der Waals surface area contributed by atoms with E-state index >= 15 is 0 Å². The van der Waals surface area contributed by atoms with Gasteiger partial charge in [-0.15, -0.1) is 0 Å². The lowest BCUT2D eigenvalue weighted by atomic mass is 9.96. The van der Waals surface area contributed by atoms with E-state index in [2.05, 4.69) is 10.6 Å². The summed E-state index contributed by atoms with van der Waals surface area (Å²) >= 11 is 0. The maximum Gasteiger partial charge on any atom is 0.319 e. The van der Waals surface area contributed by atoms with Crippen LogP contribution < -0.4 is 15.5 Å². The molecular formula is C19H27N3O2. The van der Waals surface area contributed by atoms with Crippen molar-refractivity contribution in [2.45, 2.75) is 64.3 Å². The summed E-state index contributed by atoms with van der Waals surface area (Å²) in [6.07, 6.45) is 8.39. The van der Waals surface area contributed by atoms with Crippen LogP contribution >= 0.6 is 0 Å². The van der Waals surface area contributed by atoms with Crippen LogP contribution in [0.15, 0.2) is 18.2 Å². The van der Waals surface area contributed by atoms with Crippen molar-refractivity contribution in [3.05, 3.63) is 23.8 Å². The average Bonchev–Trinajstić information content (AvgIpc) is 2.58. The highest BCUT2D eigenvalue weighted by atomic mass is 16.2. The van der Waals surface area contributed by atoms with E-state index < -0.39 is 0 Å². The highest BCUT2D eigenvalue weighted by Gasteiger charge is 2.21. The summed E-state index contributed by atoms with van der Waals surface area (Å²) in [7, 11) is 0. The fraction of sp³-hybridized carbons (Fsp3) is 0.579. The van der Waals surface area contributed by atoms with Crippen LogP contribution in [-0.4, -0.2) is 24.5 Å². The number of anilines is 2. The van der Waals surface area contributed by atoms with Crippen molar-refractivity contribution in [1.29, 1.82) is 0 Å². The predicted molar refractivity (Wildman–Crippen MR) is 96.4 cm³/mol. The van der Waals surface area contributed by atoms with Crippen LogP contribution in [0.4, 0.5) is 16.2 Å². The highest BCUT2D eigenvalue weighted by Crippen LogP contribution is 2.27. The van der Waals surface area contributed by atoms with Gasteiger partial charge in [0.25, 0.3) is 0 Å². The largest absolute Gasteiger partial charge is 0.335 e. The van der Waals surface area contributed by atoms with Gasteiger partial charge >= 0.3 is 6.03 Å². The molecule has 5 heteroatoms. The van der Waals surface area contributed by atoms with Gasteiger partial charge < -0.3 is 15.5 Å². The van der Waals surface area contributed by atoms with Gasteiger partial charge in [0.2, 0.25) is 5.91 Å². The zero-order valence-corrected chi connectivity index (χ0v) is 14.4. The number of carbonyl (C=O) groups excluding carboxylic acids is 2. The molecule has 3 rings (SSSR count). The maximum absolute atomic E-state index is 12.2. The Labute approximate surface area is 143 Å². The molecule has 5 nitrogen and oxygen atoms in total. The lowest BCUT2D eigenvalue weighted by Gasteiger charge is -2.28. The summed E-state index contributed by atoms with van der Waals surface area (Å²) in [6, 6.07) is 5.91. The molecule has 1 saturated heterocycles. The van der Waals surface area contributed by atoms with E-state index in [1.807, 2.05) is 30.0 Å². The summed E-state index contributed by atoms with van der Waals surface area (Å²) in [6.45, 7) is 2.76. The second-order valence-corrected chi connectivity index (χ2v) is 6.94. The van der Waals surface area contributed by atoms with Gasteiger partial charge in [-0.2, -0.15) is 0 Å². The molecule has 3 amide bonds. The highest BCUT2D eigenvalue weighted by molar-refractivity contribution is 5.96.